The van der Waals surface area contributed by atoms with Gasteiger partial charge in [0.25, 0.3) is 0 Å². The van der Waals surface area contributed by atoms with E-state index < -0.39 is 18.0 Å². The summed E-state index contributed by atoms with van der Waals surface area (Å²) in [5, 5.41) is 9.65. The first kappa shape index (κ1) is 14.3. The first-order valence-corrected chi connectivity index (χ1v) is 7.23. The maximum atomic E-state index is 11.6. The highest BCUT2D eigenvalue weighted by molar-refractivity contribution is 5.81. The zero-order chi connectivity index (χ0) is 13.7. The Morgan fingerprint density at radius 3 is 1.95 bits per heavy atom. The van der Waals surface area contributed by atoms with Crippen molar-refractivity contribution in [1.82, 2.24) is 0 Å². The van der Waals surface area contributed by atoms with Gasteiger partial charge in [-0.2, -0.15) is 0 Å². The lowest BCUT2D eigenvalue weighted by atomic mass is 10.2. The fraction of sp³-hybridized carbons (Fsp3) is 0.857. The lowest BCUT2D eigenvalue weighted by Gasteiger charge is -2.16. The molecule has 1 unspecified atom stereocenters. The fourth-order valence-electron chi connectivity index (χ4n) is 2.73. The van der Waals surface area contributed by atoms with Crippen molar-refractivity contribution in [2.45, 2.75) is 76.1 Å². The molecule has 108 valence electrons. The molecule has 0 spiro atoms. The molecule has 5 nitrogen and oxygen atoms in total. The molecular weight excluding hydrogens is 248 g/mol. The van der Waals surface area contributed by atoms with Crippen molar-refractivity contribution in [2.24, 2.45) is 0 Å². The summed E-state index contributed by atoms with van der Waals surface area (Å²) in [5.74, 6) is -1.21. The second-order valence-corrected chi connectivity index (χ2v) is 5.46. The maximum absolute atomic E-state index is 11.6. The molecule has 0 aromatic heterocycles. The molecule has 0 aromatic carbocycles. The molecule has 0 radical (unpaired) electrons. The Morgan fingerprint density at radius 2 is 1.42 bits per heavy atom. The van der Waals surface area contributed by atoms with E-state index in [4.69, 9.17) is 9.47 Å². The quantitative estimate of drug-likeness (QED) is 0.770. The fourth-order valence-corrected chi connectivity index (χ4v) is 2.73. The number of aliphatic hydroxyl groups is 1. The average Bonchev–Trinajstić information content (AvgIpc) is 3.01. The van der Waals surface area contributed by atoms with Crippen molar-refractivity contribution in [2.75, 3.05) is 0 Å². The summed E-state index contributed by atoms with van der Waals surface area (Å²) in [6.07, 6.45) is 5.90. The number of aliphatic hydroxyl groups excluding tert-OH is 1. The summed E-state index contributed by atoms with van der Waals surface area (Å²) < 4.78 is 10.3. The van der Waals surface area contributed by atoms with Crippen LogP contribution in [0.3, 0.4) is 0 Å². The lowest BCUT2D eigenvalue weighted by Crippen LogP contribution is -2.30. The Labute approximate surface area is 113 Å². The third kappa shape index (κ3) is 4.49. The van der Waals surface area contributed by atoms with Crippen molar-refractivity contribution in [3.05, 3.63) is 0 Å². The van der Waals surface area contributed by atoms with Gasteiger partial charge in [-0.25, -0.2) is 4.79 Å². The van der Waals surface area contributed by atoms with Gasteiger partial charge in [0, 0.05) is 0 Å². The molecule has 2 rings (SSSR count). The number of hydrogen-bond acceptors (Lipinski definition) is 5. The topological polar surface area (TPSA) is 72.8 Å². The minimum absolute atomic E-state index is 0.0365. The van der Waals surface area contributed by atoms with E-state index in [0.29, 0.717) is 0 Å². The standard InChI is InChI=1S/C14H22O5/c15-12(14(17)19-11-7-3-4-8-11)9-13(16)18-10-5-1-2-6-10/h10-12,15H,1-9H2. The number of esters is 2. The van der Waals surface area contributed by atoms with Crippen molar-refractivity contribution >= 4 is 11.9 Å². The zero-order valence-electron chi connectivity index (χ0n) is 11.2. The normalized spacial score (nSPS) is 22.4. The van der Waals surface area contributed by atoms with Gasteiger partial charge in [-0.15, -0.1) is 0 Å². The molecule has 2 saturated carbocycles. The van der Waals surface area contributed by atoms with Crippen LogP contribution in [0.5, 0.6) is 0 Å². The predicted molar refractivity (Wildman–Crippen MR) is 67.3 cm³/mol. The summed E-state index contributed by atoms with van der Waals surface area (Å²) in [6, 6.07) is 0. The third-order valence-electron chi connectivity index (χ3n) is 3.82. The van der Waals surface area contributed by atoms with Crippen LogP contribution in [-0.2, 0) is 19.1 Å². The Balaban J connectivity index is 1.68. The number of ether oxygens (including phenoxy) is 2. The van der Waals surface area contributed by atoms with Gasteiger partial charge in [-0.05, 0) is 51.4 Å². The van der Waals surface area contributed by atoms with Crippen molar-refractivity contribution in [3.8, 4) is 0 Å². The van der Waals surface area contributed by atoms with Crippen LogP contribution < -0.4 is 0 Å². The van der Waals surface area contributed by atoms with Crippen molar-refractivity contribution < 1.29 is 24.2 Å². The second-order valence-electron chi connectivity index (χ2n) is 5.46. The van der Waals surface area contributed by atoms with Gasteiger partial charge in [0.1, 0.15) is 12.2 Å². The average molecular weight is 270 g/mol. The van der Waals surface area contributed by atoms with E-state index in [1.807, 2.05) is 0 Å². The summed E-state index contributed by atoms with van der Waals surface area (Å²) in [6.45, 7) is 0. The maximum Gasteiger partial charge on any atom is 0.335 e. The van der Waals surface area contributed by atoms with E-state index in [2.05, 4.69) is 0 Å². The largest absolute Gasteiger partial charge is 0.462 e. The molecule has 5 heteroatoms. The van der Waals surface area contributed by atoms with Crippen LogP contribution in [0.1, 0.15) is 57.8 Å². The van der Waals surface area contributed by atoms with Gasteiger partial charge < -0.3 is 14.6 Å². The van der Waals surface area contributed by atoms with Gasteiger partial charge in [0.05, 0.1) is 6.42 Å². The van der Waals surface area contributed by atoms with Crippen LogP contribution in [0.2, 0.25) is 0 Å². The molecule has 2 fully saturated rings. The SMILES string of the molecule is O=C(CC(O)C(=O)OC1CCCC1)OC1CCCC1. The Kier molecular flexibility index (Phi) is 5.19. The lowest BCUT2D eigenvalue weighted by molar-refractivity contribution is -0.165. The van der Waals surface area contributed by atoms with E-state index in [1.165, 1.54) is 0 Å². The first-order chi connectivity index (χ1) is 9.15. The molecule has 1 atom stereocenters. The van der Waals surface area contributed by atoms with Crippen LogP contribution >= 0.6 is 0 Å². The molecule has 0 aliphatic heterocycles. The second kappa shape index (κ2) is 6.89. The minimum atomic E-state index is -1.39. The Bertz CT molecular complexity index is 316. The van der Waals surface area contributed by atoms with Gasteiger partial charge in [0.15, 0.2) is 6.10 Å². The van der Waals surface area contributed by atoms with Gasteiger partial charge in [0.2, 0.25) is 0 Å². The summed E-state index contributed by atoms with van der Waals surface area (Å²) in [5.41, 5.74) is 0. The molecule has 0 aromatic rings. The Hall–Kier alpha value is -1.10. The van der Waals surface area contributed by atoms with Gasteiger partial charge >= 0.3 is 11.9 Å². The molecule has 2 aliphatic rings. The molecule has 0 heterocycles. The molecule has 0 bridgehead atoms. The predicted octanol–water partition coefficient (Wildman–Crippen LogP) is 1.71. The third-order valence-corrected chi connectivity index (χ3v) is 3.82. The molecule has 0 saturated heterocycles. The van der Waals surface area contributed by atoms with Gasteiger partial charge in [-0.1, -0.05) is 0 Å². The first-order valence-electron chi connectivity index (χ1n) is 7.23. The molecule has 0 amide bonds. The monoisotopic (exact) mass is 270 g/mol. The summed E-state index contributed by atoms with van der Waals surface area (Å²) >= 11 is 0. The van der Waals surface area contributed by atoms with Crippen LogP contribution in [-0.4, -0.2) is 35.4 Å². The highest BCUT2D eigenvalue weighted by Gasteiger charge is 2.27. The van der Waals surface area contributed by atoms with E-state index in [0.717, 1.165) is 51.4 Å². The molecular formula is C14H22O5. The van der Waals surface area contributed by atoms with E-state index in [-0.39, 0.29) is 18.6 Å². The minimum Gasteiger partial charge on any atom is -0.462 e. The molecule has 1 N–H and O–H groups in total. The highest BCUT2D eigenvalue weighted by Crippen LogP contribution is 2.23. The van der Waals surface area contributed by atoms with E-state index >= 15 is 0 Å². The van der Waals surface area contributed by atoms with Crippen LogP contribution in [0.15, 0.2) is 0 Å². The highest BCUT2D eigenvalue weighted by atomic mass is 16.6. The molecule has 19 heavy (non-hydrogen) atoms. The number of hydrogen-bond donors (Lipinski definition) is 1. The smallest absolute Gasteiger partial charge is 0.335 e. The summed E-state index contributed by atoms with van der Waals surface area (Å²) in [4.78, 5) is 23.2. The van der Waals surface area contributed by atoms with Gasteiger partial charge in [-0.3, -0.25) is 4.79 Å². The van der Waals surface area contributed by atoms with E-state index in [9.17, 15) is 14.7 Å². The van der Waals surface area contributed by atoms with Crippen molar-refractivity contribution in [3.63, 3.8) is 0 Å². The van der Waals surface area contributed by atoms with Crippen molar-refractivity contribution in [1.29, 1.82) is 0 Å². The molecule has 2 aliphatic carbocycles. The zero-order valence-corrected chi connectivity index (χ0v) is 11.2. The number of carbonyl (C=O) groups is 2. The van der Waals surface area contributed by atoms with Crippen LogP contribution in [0.4, 0.5) is 0 Å². The van der Waals surface area contributed by atoms with E-state index in [1.54, 1.807) is 0 Å². The Morgan fingerprint density at radius 1 is 0.947 bits per heavy atom. The summed E-state index contributed by atoms with van der Waals surface area (Å²) in [7, 11) is 0. The number of rotatable bonds is 5. The van der Waals surface area contributed by atoms with Crippen LogP contribution in [0.25, 0.3) is 0 Å². The number of carbonyl (C=O) groups excluding carboxylic acids is 2. The van der Waals surface area contributed by atoms with Crippen LogP contribution in [0, 0.1) is 0 Å².